The molecule has 0 aliphatic heterocycles. The molecule has 0 aromatic rings. The van der Waals surface area contributed by atoms with E-state index in [1.54, 1.807) is 0 Å². The molecule has 0 radical (unpaired) electrons. The van der Waals surface area contributed by atoms with Crippen molar-refractivity contribution in [1.29, 1.82) is 0 Å². The fourth-order valence-electron chi connectivity index (χ4n) is 1.03. The summed E-state index contributed by atoms with van der Waals surface area (Å²) in [4.78, 5) is 4.56. The SMILES string of the molecule is CN(C)C(C)(C[SiH3])N(C)C. The molecule has 0 bridgehead atoms. The van der Waals surface area contributed by atoms with Crippen molar-refractivity contribution in [2.24, 2.45) is 0 Å². The molecule has 0 saturated heterocycles. The van der Waals surface area contributed by atoms with E-state index < -0.39 is 0 Å². The molecular weight excluding hydrogens is 140 g/mol. The number of hydrogen-bond donors (Lipinski definition) is 0. The van der Waals surface area contributed by atoms with Gasteiger partial charge in [-0.1, -0.05) is 0 Å². The Hall–Kier alpha value is 0.137. The minimum absolute atomic E-state index is 0.270. The molecule has 0 unspecified atom stereocenters. The second kappa shape index (κ2) is 3.51. The van der Waals surface area contributed by atoms with Crippen molar-refractivity contribution >= 4 is 10.2 Å². The summed E-state index contributed by atoms with van der Waals surface area (Å²) in [6.07, 6.45) is 0. The molecule has 0 spiro atoms. The summed E-state index contributed by atoms with van der Waals surface area (Å²) < 4.78 is 0. The predicted molar refractivity (Wildman–Crippen MR) is 50.5 cm³/mol. The van der Waals surface area contributed by atoms with Crippen molar-refractivity contribution in [3.05, 3.63) is 0 Å². The molecular formula is C7H20N2Si. The van der Waals surface area contributed by atoms with Gasteiger partial charge in [0.1, 0.15) is 0 Å². The van der Waals surface area contributed by atoms with Gasteiger partial charge in [-0.05, 0) is 41.2 Å². The van der Waals surface area contributed by atoms with Crippen LogP contribution in [0, 0.1) is 0 Å². The van der Waals surface area contributed by atoms with Crippen LogP contribution in [0.25, 0.3) is 0 Å². The third-order valence-electron chi connectivity index (χ3n) is 2.60. The van der Waals surface area contributed by atoms with Crippen molar-refractivity contribution in [1.82, 2.24) is 9.80 Å². The Morgan fingerprint density at radius 3 is 1.40 bits per heavy atom. The quantitative estimate of drug-likeness (QED) is 0.410. The van der Waals surface area contributed by atoms with Crippen molar-refractivity contribution in [2.75, 3.05) is 28.2 Å². The zero-order valence-corrected chi connectivity index (χ0v) is 10.1. The summed E-state index contributed by atoms with van der Waals surface area (Å²) in [7, 11) is 9.81. The van der Waals surface area contributed by atoms with Gasteiger partial charge in [0.05, 0.1) is 5.66 Å². The topological polar surface area (TPSA) is 6.48 Å². The highest BCUT2D eigenvalue weighted by atomic mass is 28.1. The number of rotatable bonds is 3. The van der Waals surface area contributed by atoms with E-state index in [9.17, 15) is 0 Å². The van der Waals surface area contributed by atoms with Gasteiger partial charge in [0.25, 0.3) is 0 Å². The zero-order chi connectivity index (χ0) is 8.36. The molecule has 3 heteroatoms. The summed E-state index contributed by atoms with van der Waals surface area (Å²) in [5.74, 6) is 0. The van der Waals surface area contributed by atoms with Crippen LogP contribution in [0.2, 0.25) is 6.04 Å². The Morgan fingerprint density at radius 2 is 1.40 bits per heavy atom. The molecule has 2 nitrogen and oxygen atoms in total. The first kappa shape index (κ1) is 10.1. The summed E-state index contributed by atoms with van der Waals surface area (Å²) in [5, 5.41) is 0. The summed E-state index contributed by atoms with van der Waals surface area (Å²) in [6, 6.07) is 1.28. The molecule has 0 aromatic heterocycles. The molecule has 0 heterocycles. The second-order valence-electron chi connectivity index (χ2n) is 3.36. The maximum absolute atomic E-state index is 2.28. The normalized spacial score (nSPS) is 13.5. The van der Waals surface area contributed by atoms with E-state index in [0.29, 0.717) is 0 Å². The van der Waals surface area contributed by atoms with Gasteiger partial charge in [0.2, 0.25) is 0 Å². The summed E-state index contributed by atoms with van der Waals surface area (Å²) in [6.45, 7) is 2.28. The van der Waals surface area contributed by atoms with Gasteiger partial charge in [-0.25, -0.2) is 0 Å². The van der Waals surface area contributed by atoms with E-state index in [2.05, 4.69) is 44.9 Å². The fraction of sp³-hybridized carbons (Fsp3) is 1.00. The van der Waals surface area contributed by atoms with Gasteiger partial charge in [-0.2, -0.15) is 0 Å². The highest BCUT2D eigenvalue weighted by Crippen LogP contribution is 2.16. The molecule has 0 rings (SSSR count). The third kappa shape index (κ3) is 1.81. The van der Waals surface area contributed by atoms with E-state index in [1.807, 2.05) is 0 Å². The van der Waals surface area contributed by atoms with Gasteiger partial charge < -0.3 is 0 Å². The Bertz CT molecular complexity index is 93.8. The van der Waals surface area contributed by atoms with Crippen LogP contribution in [0.15, 0.2) is 0 Å². The van der Waals surface area contributed by atoms with Gasteiger partial charge in [0.15, 0.2) is 0 Å². The van der Waals surface area contributed by atoms with Crippen LogP contribution in [-0.2, 0) is 0 Å². The van der Waals surface area contributed by atoms with Crippen LogP contribution in [-0.4, -0.2) is 53.9 Å². The molecule has 62 valence electrons. The van der Waals surface area contributed by atoms with E-state index in [0.717, 1.165) is 0 Å². The van der Waals surface area contributed by atoms with E-state index >= 15 is 0 Å². The van der Waals surface area contributed by atoms with Crippen LogP contribution < -0.4 is 0 Å². The van der Waals surface area contributed by atoms with E-state index in [-0.39, 0.29) is 5.66 Å². The summed E-state index contributed by atoms with van der Waals surface area (Å²) in [5.41, 5.74) is 0.270. The molecule has 0 atom stereocenters. The first-order valence-electron chi connectivity index (χ1n) is 3.80. The van der Waals surface area contributed by atoms with Crippen LogP contribution in [0.4, 0.5) is 0 Å². The highest BCUT2D eigenvalue weighted by Gasteiger charge is 2.26. The van der Waals surface area contributed by atoms with Gasteiger partial charge >= 0.3 is 0 Å². The van der Waals surface area contributed by atoms with Crippen LogP contribution in [0.3, 0.4) is 0 Å². The predicted octanol–water partition coefficient (Wildman–Crippen LogP) is -0.391. The van der Waals surface area contributed by atoms with E-state index in [1.165, 1.54) is 16.3 Å². The maximum atomic E-state index is 2.28. The van der Waals surface area contributed by atoms with Gasteiger partial charge in [0, 0.05) is 10.2 Å². The standard InChI is InChI=1S/C7H20N2Si/c1-7(6-10,8(2)3)9(4)5/h6H2,1-5,10H3. The maximum Gasteiger partial charge on any atom is 0.0666 e. The van der Waals surface area contributed by atoms with Crippen LogP contribution in [0.1, 0.15) is 6.92 Å². The molecule has 0 aromatic carbocycles. The lowest BCUT2D eigenvalue weighted by Crippen LogP contribution is -2.52. The van der Waals surface area contributed by atoms with Crippen molar-refractivity contribution in [3.8, 4) is 0 Å². The fourth-order valence-corrected chi connectivity index (χ4v) is 2.30. The van der Waals surface area contributed by atoms with E-state index in [4.69, 9.17) is 0 Å². The molecule has 10 heavy (non-hydrogen) atoms. The first-order valence-corrected chi connectivity index (χ1v) is 5.21. The lowest BCUT2D eigenvalue weighted by molar-refractivity contribution is 0.0407. The monoisotopic (exact) mass is 160 g/mol. The van der Waals surface area contributed by atoms with Crippen molar-refractivity contribution < 1.29 is 0 Å². The molecule has 0 saturated carbocycles. The van der Waals surface area contributed by atoms with Crippen LogP contribution in [0.5, 0.6) is 0 Å². The summed E-state index contributed by atoms with van der Waals surface area (Å²) >= 11 is 0. The van der Waals surface area contributed by atoms with Crippen molar-refractivity contribution in [3.63, 3.8) is 0 Å². The number of hydrogen-bond acceptors (Lipinski definition) is 2. The third-order valence-corrected chi connectivity index (χ3v) is 3.94. The Morgan fingerprint density at radius 1 is 1.10 bits per heavy atom. The van der Waals surface area contributed by atoms with Gasteiger partial charge in [-0.3, -0.25) is 9.80 Å². The van der Waals surface area contributed by atoms with Crippen molar-refractivity contribution in [2.45, 2.75) is 18.6 Å². The Balaban J connectivity index is 4.23. The average Bonchev–Trinajstić information content (AvgIpc) is 1.85. The second-order valence-corrected chi connectivity index (χ2v) is 4.07. The lowest BCUT2D eigenvalue weighted by Gasteiger charge is -2.41. The number of nitrogens with zero attached hydrogens (tertiary/aromatic N) is 2. The first-order chi connectivity index (χ1) is 4.45. The highest BCUT2D eigenvalue weighted by molar-refractivity contribution is 6.09. The zero-order valence-electron chi connectivity index (χ0n) is 8.10. The smallest absolute Gasteiger partial charge is 0.0666 e. The molecule has 0 aliphatic rings. The Kier molecular flexibility index (Phi) is 3.55. The molecule has 0 amide bonds. The lowest BCUT2D eigenvalue weighted by atomic mass is 10.2. The van der Waals surface area contributed by atoms with Crippen LogP contribution >= 0.6 is 0 Å². The minimum atomic E-state index is 0.270. The average molecular weight is 160 g/mol. The molecule has 0 aliphatic carbocycles. The Labute approximate surface area is 67.6 Å². The van der Waals surface area contributed by atoms with Gasteiger partial charge in [-0.15, -0.1) is 0 Å². The largest absolute Gasteiger partial charge is 0.292 e. The molecule has 0 fully saturated rings. The molecule has 0 N–H and O–H groups in total. The minimum Gasteiger partial charge on any atom is -0.292 e.